The van der Waals surface area contributed by atoms with Crippen molar-refractivity contribution >= 4 is 32.8 Å². The van der Waals surface area contributed by atoms with E-state index in [1.165, 1.54) is 0 Å². The lowest BCUT2D eigenvalue weighted by molar-refractivity contribution is 0.406. The molecule has 18 heavy (non-hydrogen) atoms. The molecule has 1 aromatic rings. The Morgan fingerprint density at radius 3 is 2.78 bits per heavy atom. The number of hydrogen-bond donors (Lipinski definition) is 1. The van der Waals surface area contributed by atoms with Crippen LogP contribution in [0.25, 0.3) is 0 Å². The van der Waals surface area contributed by atoms with Gasteiger partial charge in [-0.25, -0.2) is 8.42 Å². The first-order chi connectivity index (χ1) is 8.43. The highest BCUT2D eigenvalue weighted by Gasteiger charge is 2.34. The molecule has 1 aliphatic heterocycles. The molecule has 1 aliphatic rings. The molecule has 1 N–H and O–H groups in total. The molecule has 0 radical (unpaired) electrons. The van der Waals surface area contributed by atoms with Crippen LogP contribution in [0.1, 0.15) is 29.8 Å². The molecule has 2 rings (SSSR count). The van der Waals surface area contributed by atoms with Gasteiger partial charge in [0.2, 0.25) is 0 Å². The van der Waals surface area contributed by atoms with E-state index in [1.807, 2.05) is 13.8 Å². The maximum Gasteiger partial charge on any atom is 0.150 e. The Bertz CT molecular complexity index is 505. The molecule has 1 saturated heterocycles. The van der Waals surface area contributed by atoms with Crippen LogP contribution in [0, 0.1) is 12.8 Å². The van der Waals surface area contributed by atoms with Crippen LogP contribution in [-0.2, 0) is 9.84 Å². The summed E-state index contributed by atoms with van der Waals surface area (Å²) in [7, 11) is -2.84. The molecule has 0 aliphatic carbocycles. The fourth-order valence-corrected chi connectivity index (χ4v) is 5.67. The predicted octanol–water partition coefficient (Wildman–Crippen LogP) is 2.80. The zero-order chi connectivity index (χ0) is 13.3. The SMILES string of the molecule is CCNC(c1cc(C)c(Cl)s1)C1CCS(=O)(=O)C1. The second-order valence-electron chi connectivity index (χ2n) is 4.80. The summed E-state index contributed by atoms with van der Waals surface area (Å²) < 4.78 is 24.0. The van der Waals surface area contributed by atoms with Crippen LogP contribution in [0.2, 0.25) is 4.34 Å². The zero-order valence-electron chi connectivity index (χ0n) is 10.6. The van der Waals surface area contributed by atoms with Gasteiger partial charge in [0, 0.05) is 10.9 Å². The maximum atomic E-state index is 11.6. The van der Waals surface area contributed by atoms with Gasteiger partial charge in [-0.1, -0.05) is 18.5 Å². The van der Waals surface area contributed by atoms with Gasteiger partial charge in [0.05, 0.1) is 15.8 Å². The Balaban J connectivity index is 2.23. The smallest absolute Gasteiger partial charge is 0.150 e. The topological polar surface area (TPSA) is 46.2 Å². The molecular weight excluding hydrogens is 290 g/mol. The van der Waals surface area contributed by atoms with Crippen LogP contribution in [0.3, 0.4) is 0 Å². The Labute approximate surface area is 117 Å². The van der Waals surface area contributed by atoms with Gasteiger partial charge >= 0.3 is 0 Å². The molecule has 1 fully saturated rings. The molecule has 0 aromatic carbocycles. The maximum absolute atomic E-state index is 11.6. The van der Waals surface area contributed by atoms with E-state index in [0.717, 1.165) is 27.7 Å². The van der Waals surface area contributed by atoms with E-state index in [0.29, 0.717) is 11.5 Å². The van der Waals surface area contributed by atoms with E-state index in [2.05, 4.69) is 11.4 Å². The van der Waals surface area contributed by atoms with Gasteiger partial charge in [0.15, 0.2) is 9.84 Å². The van der Waals surface area contributed by atoms with Crippen molar-refractivity contribution in [1.29, 1.82) is 0 Å². The monoisotopic (exact) mass is 307 g/mol. The van der Waals surface area contributed by atoms with Crippen molar-refractivity contribution in [2.75, 3.05) is 18.1 Å². The highest BCUT2D eigenvalue weighted by Crippen LogP contribution is 2.37. The molecule has 2 heterocycles. The summed E-state index contributed by atoms with van der Waals surface area (Å²) in [5.41, 5.74) is 1.07. The quantitative estimate of drug-likeness (QED) is 0.930. The van der Waals surface area contributed by atoms with Crippen molar-refractivity contribution in [3.8, 4) is 0 Å². The summed E-state index contributed by atoms with van der Waals surface area (Å²) in [5.74, 6) is 0.778. The molecule has 6 heteroatoms. The van der Waals surface area contributed by atoms with Gasteiger partial charge in [0.25, 0.3) is 0 Å². The average Bonchev–Trinajstić information content (AvgIpc) is 2.79. The molecule has 1 aromatic heterocycles. The Morgan fingerprint density at radius 1 is 1.61 bits per heavy atom. The van der Waals surface area contributed by atoms with E-state index in [9.17, 15) is 8.42 Å². The summed E-state index contributed by atoms with van der Waals surface area (Å²) >= 11 is 7.67. The number of thiophene rings is 1. The van der Waals surface area contributed by atoms with Crippen molar-refractivity contribution in [3.05, 3.63) is 20.8 Å². The molecule has 2 atom stereocenters. The van der Waals surface area contributed by atoms with Crippen LogP contribution in [0.4, 0.5) is 0 Å². The van der Waals surface area contributed by atoms with Gasteiger partial charge in [-0.3, -0.25) is 0 Å². The van der Waals surface area contributed by atoms with Crippen LogP contribution in [-0.4, -0.2) is 26.5 Å². The van der Waals surface area contributed by atoms with E-state index in [4.69, 9.17) is 11.6 Å². The molecule has 0 amide bonds. The van der Waals surface area contributed by atoms with Gasteiger partial charge in [-0.05, 0) is 37.4 Å². The fourth-order valence-electron chi connectivity index (χ4n) is 2.44. The second-order valence-corrected chi connectivity index (χ2v) is 8.72. The van der Waals surface area contributed by atoms with E-state index in [-0.39, 0.29) is 12.0 Å². The van der Waals surface area contributed by atoms with Crippen LogP contribution in [0.5, 0.6) is 0 Å². The Hall–Kier alpha value is -0.100. The van der Waals surface area contributed by atoms with Crippen LogP contribution in [0.15, 0.2) is 6.07 Å². The predicted molar refractivity (Wildman–Crippen MR) is 77.2 cm³/mol. The number of rotatable bonds is 4. The van der Waals surface area contributed by atoms with E-state index in [1.54, 1.807) is 11.3 Å². The average molecular weight is 308 g/mol. The molecule has 3 nitrogen and oxygen atoms in total. The van der Waals surface area contributed by atoms with Crippen molar-refractivity contribution in [2.24, 2.45) is 5.92 Å². The summed E-state index contributed by atoms with van der Waals surface area (Å²) in [6.07, 6.45) is 0.745. The third-order valence-corrected chi connectivity index (χ3v) is 6.78. The highest BCUT2D eigenvalue weighted by molar-refractivity contribution is 7.91. The van der Waals surface area contributed by atoms with Gasteiger partial charge in [-0.2, -0.15) is 0 Å². The highest BCUT2D eigenvalue weighted by atomic mass is 35.5. The third-order valence-electron chi connectivity index (χ3n) is 3.35. The minimum Gasteiger partial charge on any atom is -0.309 e. The van der Waals surface area contributed by atoms with Crippen molar-refractivity contribution < 1.29 is 8.42 Å². The molecule has 0 bridgehead atoms. The Kier molecular flexibility index (Phi) is 4.36. The lowest BCUT2D eigenvalue weighted by Gasteiger charge is -2.22. The molecule has 0 spiro atoms. The Morgan fingerprint density at radius 2 is 2.33 bits per heavy atom. The first-order valence-corrected chi connectivity index (χ1v) is 9.14. The number of nitrogens with one attached hydrogen (secondary N) is 1. The standard InChI is InChI=1S/C12H18ClNO2S2/c1-3-14-11(9-4-5-18(15,16)7-9)10-6-8(2)12(13)17-10/h6,9,11,14H,3-5,7H2,1-2H3. The van der Waals surface area contributed by atoms with Crippen LogP contribution < -0.4 is 5.32 Å². The minimum absolute atomic E-state index is 0.114. The second kappa shape index (κ2) is 5.49. The number of hydrogen-bond acceptors (Lipinski definition) is 4. The number of halogens is 1. The first kappa shape index (κ1) is 14.3. The van der Waals surface area contributed by atoms with Gasteiger partial charge < -0.3 is 5.32 Å². The van der Waals surface area contributed by atoms with E-state index < -0.39 is 9.84 Å². The van der Waals surface area contributed by atoms with Crippen LogP contribution >= 0.6 is 22.9 Å². The summed E-state index contributed by atoms with van der Waals surface area (Å²) in [5, 5.41) is 3.41. The largest absolute Gasteiger partial charge is 0.309 e. The van der Waals surface area contributed by atoms with Crippen molar-refractivity contribution in [3.63, 3.8) is 0 Å². The third kappa shape index (κ3) is 3.07. The lowest BCUT2D eigenvalue weighted by Crippen LogP contribution is -2.28. The molecular formula is C12H18ClNO2S2. The zero-order valence-corrected chi connectivity index (χ0v) is 13.0. The first-order valence-electron chi connectivity index (χ1n) is 6.12. The molecule has 102 valence electrons. The van der Waals surface area contributed by atoms with Crippen molar-refractivity contribution in [1.82, 2.24) is 5.32 Å². The molecule has 2 unspecified atom stereocenters. The van der Waals surface area contributed by atoms with Gasteiger partial charge in [-0.15, -0.1) is 11.3 Å². The summed E-state index contributed by atoms with van der Waals surface area (Å²) in [6.45, 7) is 4.85. The minimum atomic E-state index is -2.84. The van der Waals surface area contributed by atoms with Crippen molar-refractivity contribution in [2.45, 2.75) is 26.3 Å². The number of aryl methyl sites for hydroxylation is 1. The summed E-state index contributed by atoms with van der Waals surface area (Å²) in [6, 6.07) is 2.19. The normalized spacial score (nSPS) is 24.3. The van der Waals surface area contributed by atoms with Gasteiger partial charge in [0.1, 0.15) is 0 Å². The summed E-state index contributed by atoms with van der Waals surface area (Å²) in [4.78, 5) is 1.15. The lowest BCUT2D eigenvalue weighted by atomic mass is 9.97. The number of sulfone groups is 1. The molecule has 0 saturated carbocycles. The fraction of sp³-hybridized carbons (Fsp3) is 0.667. The van der Waals surface area contributed by atoms with E-state index >= 15 is 0 Å².